The van der Waals surface area contributed by atoms with E-state index in [2.05, 4.69) is 35.9 Å². The van der Waals surface area contributed by atoms with E-state index in [1.54, 1.807) is 0 Å². The monoisotopic (exact) mass is 269 g/mol. The average Bonchev–Trinajstić information content (AvgIpc) is 2.88. The Labute approximate surface area is 120 Å². The lowest BCUT2D eigenvalue weighted by Gasteiger charge is -2.31. The standard InChI is InChI=1S/C17H23N3/c1-11(2)16-5-4-8-20(16)17-7-6-15(18)14-10-19-12(3)9-13(14)17/h6-7,9-11,16H,4-5,8,18H2,1-3H3. The summed E-state index contributed by atoms with van der Waals surface area (Å²) in [5.41, 5.74) is 9.29. The van der Waals surface area contributed by atoms with Crippen LogP contribution in [-0.2, 0) is 0 Å². The highest BCUT2D eigenvalue weighted by Crippen LogP contribution is 2.36. The zero-order valence-electron chi connectivity index (χ0n) is 12.6. The molecule has 0 bridgehead atoms. The first kappa shape index (κ1) is 13.2. The van der Waals surface area contributed by atoms with Gasteiger partial charge in [0.05, 0.1) is 0 Å². The van der Waals surface area contributed by atoms with Crippen molar-refractivity contribution in [3.05, 3.63) is 30.1 Å². The maximum absolute atomic E-state index is 6.11. The van der Waals surface area contributed by atoms with Crippen LogP contribution in [0.4, 0.5) is 11.4 Å². The minimum absolute atomic E-state index is 0.635. The molecule has 2 heterocycles. The molecule has 2 N–H and O–H groups in total. The molecule has 20 heavy (non-hydrogen) atoms. The number of nitrogens with two attached hydrogens (primary N) is 1. The van der Waals surface area contributed by atoms with Gasteiger partial charge in [-0.3, -0.25) is 4.98 Å². The first-order valence-corrected chi connectivity index (χ1v) is 7.49. The molecule has 1 saturated heterocycles. The third-order valence-electron chi connectivity index (χ3n) is 4.43. The summed E-state index contributed by atoms with van der Waals surface area (Å²) in [5.74, 6) is 0.674. The molecule has 2 aromatic rings. The Morgan fingerprint density at radius 1 is 1.30 bits per heavy atom. The second kappa shape index (κ2) is 4.97. The predicted molar refractivity (Wildman–Crippen MR) is 86.1 cm³/mol. The first-order chi connectivity index (χ1) is 9.58. The van der Waals surface area contributed by atoms with Crippen molar-refractivity contribution < 1.29 is 0 Å². The van der Waals surface area contributed by atoms with Crippen LogP contribution < -0.4 is 10.6 Å². The van der Waals surface area contributed by atoms with Gasteiger partial charge in [0.15, 0.2) is 0 Å². The molecule has 0 aliphatic carbocycles. The van der Waals surface area contributed by atoms with Crippen LogP contribution in [0, 0.1) is 12.8 Å². The van der Waals surface area contributed by atoms with E-state index in [-0.39, 0.29) is 0 Å². The van der Waals surface area contributed by atoms with Crippen LogP contribution in [0.1, 0.15) is 32.4 Å². The molecule has 1 aliphatic heterocycles. The fraction of sp³-hybridized carbons (Fsp3) is 0.471. The molecule has 0 spiro atoms. The quantitative estimate of drug-likeness (QED) is 0.844. The summed E-state index contributed by atoms with van der Waals surface area (Å²) in [7, 11) is 0. The van der Waals surface area contributed by atoms with Crippen LogP contribution in [0.15, 0.2) is 24.4 Å². The summed E-state index contributed by atoms with van der Waals surface area (Å²) in [6.07, 6.45) is 4.47. The maximum atomic E-state index is 6.11. The van der Waals surface area contributed by atoms with Crippen molar-refractivity contribution in [3.63, 3.8) is 0 Å². The number of hydrogen-bond donors (Lipinski definition) is 1. The van der Waals surface area contributed by atoms with Gasteiger partial charge in [-0.05, 0) is 43.9 Å². The van der Waals surface area contributed by atoms with Crippen molar-refractivity contribution in [3.8, 4) is 0 Å². The molecule has 1 aromatic heterocycles. The smallest absolute Gasteiger partial charge is 0.0451 e. The van der Waals surface area contributed by atoms with Gasteiger partial charge >= 0.3 is 0 Å². The largest absolute Gasteiger partial charge is 0.398 e. The van der Waals surface area contributed by atoms with Gasteiger partial charge in [0, 0.05) is 46.6 Å². The molecule has 0 radical (unpaired) electrons. The van der Waals surface area contributed by atoms with Crippen molar-refractivity contribution in [2.45, 2.75) is 39.7 Å². The van der Waals surface area contributed by atoms with E-state index in [1.165, 1.54) is 23.9 Å². The summed E-state index contributed by atoms with van der Waals surface area (Å²) in [6.45, 7) is 7.81. The number of rotatable bonds is 2. The zero-order valence-corrected chi connectivity index (χ0v) is 12.6. The molecule has 106 valence electrons. The van der Waals surface area contributed by atoms with Crippen molar-refractivity contribution in [2.24, 2.45) is 5.92 Å². The summed E-state index contributed by atoms with van der Waals surface area (Å²) < 4.78 is 0. The Hall–Kier alpha value is -1.77. The van der Waals surface area contributed by atoms with Gasteiger partial charge in [0.1, 0.15) is 0 Å². The van der Waals surface area contributed by atoms with Crippen molar-refractivity contribution in [1.29, 1.82) is 0 Å². The Morgan fingerprint density at radius 3 is 2.85 bits per heavy atom. The zero-order chi connectivity index (χ0) is 14.3. The van der Waals surface area contributed by atoms with E-state index in [0.29, 0.717) is 12.0 Å². The summed E-state index contributed by atoms with van der Waals surface area (Å²) >= 11 is 0. The van der Waals surface area contributed by atoms with Gasteiger partial charge in [0.25, 0.3) is 0 Å². The third kappa shape index (κ3) is 2.11. The van der Waals surface area contributed by atoms with Crippen LogP contribution in [0.2, 0.25) is 0 Å². The van der Waals surface area contributed by atoms with Crippen molar-refractivity contribution in [2.75, 3.05) is 17.2 Å². The number of fused-ring (bicyclic) bond motifs is 1. The number of benzene rings is 1. The molecule has 1 aromatic carbocycles. The Bertz CT molecular complexity index is 633. The van der Waals surface area contributed by atoms with Gasteiger partial charge < -0.3 is 10.6 Å². The molecule has 3 rings (SSSR count). The van der Waals surface area contributed by atoms with E-state index in [1.807, 2.05) is 19.2 Å². The number of nitrogen functional groups attached to an aromatic ring is 1. The molecule has 1 aliphatic rings. The highest BCUT2D eigenvalue weighted by atomic mass is 15.2. The highest BCUT2D eigenvalue weighted by Gasteiger charge is 2.28. The van der Waals surface area contributed by atoms with Crippen LogP contribution in [0.25, 0.3) is 10.8 Å². The second-order valence-corrected chi connectivity index (χ2v) is 6.19. The van der Waals surface area contributed by atoms with Gasteiger partial charge in [0.2, 0.25) is 0 Å². The Morgan fingerprint density at radius 2 is 2.10 bits per heavy atom. The Kier molecular flexibility index (Phi) is 3.28. The number of nitrogens with zero attached hydrogens (tertiary/aromatic N) is 2. The van der Waals surface area contributed by atoms with Crippen LogP contribution >= 0.6 is 0 Å². The lowest BCUT2D eigenvalue weighted by Crippen LogP contribution is -2.33. The first-order valence-electron chi connectivity index (χ1n) is 7.49. The summed E-state index contributed by atoms with van der Waals surface area (Å²) in [6, 6.07) is 6.99. The van der Waals surface area contributed by atoms with E-state index in [0.717, 1.165) is 23.3 Å². The van der Waals surface area contributed by atoms with Gasteiger partial charge in [-0.25, -0.2) is 0 Å². The number of aromatic nitrogens is 1. The second-order valence-electron chi connectivity index (χ2n) is 6.19. The molecule has 1 unspecified atom stereocenters. The van der Waals surface area contributed by atoms with E-state index in [4.69, 9.17) is 5.73 Å². The number of pyridine rings is 1. The number of hydrogen-bond acceptors (Lipinski definition) is 3. The lowest BCUT2D eigenvalue weighted by molar-refractivity contribution is 0.492. The molecular formula is C17H23N3. The lowest BCUT2D eigenvalue weighted by atomic mass is 10.00. The maximum Gasteiger partial charge on any atom is 0.0451 e. The Balaban J connectivity index is 2.16. The van der Waals surface area contributed by atoms with E-state index >= 15 is 0 Å². The third-order valence-corrected chi connectivity index (χ3v) is 4.43. The van der Waals surface area contributed by atoms with Gasteiger partial charge in [-0.1, -0.05) is 13.8 Å². The average molecular weight is 269 g/mol. The normalized spacial score (nSPS) is 19.2. The highest BCUT2D eigenvalue weighted by molar-refractivity contribution is 6.01. The van der Waals surface area contributed by atoms with Crippen LogP contribution in [0.3, 0.4) is 0 Å². The number of anilines is 2. The van der Waals surface area contributed by atoms with Crippen LogP contribution in [0.5, 0.6) is 0 Å². The van der Waals surface area contributed by atoms with Gasteiger partial charge in [-0.15, -0.1) is 0 Å². The van der Waals surface area contributed by atoms with Gasteiger partial charge in [-0.2, -0.15) is 0 Å². The van der Waals surface area contributed by atoms with E-state index in [9.17, 15) is 0 Å². The minimum atomic E-state index is 0.635. The molecule has 0 saturated carbocycles. The predicted octanol–water partition coefficient (Wildman–Crippen LogP) is 3.75. The van der Waals surface area contributed by atoms with E-state index < -0.39 is 0 Å². The summed E-state index contributed by atoms with van der Waals surface area (Å²) in [5, 5.41) is 2.31. The van der Waals surface area contributed by atoms with Crippen molar-refractivity contribution in [1.82, 2.24) is 4.98 Å². The molecule has 1 atom stereocenters. The van der Waals surface area contributed by atoms with Crippen LogP contribution in [-0.4, -0.2) is 17.6 Å². The fourth-order valence-electron chi connectivity index (χ4n) is 3.39. The number of aryl methyl sites for hydroxylation is 1. The fourth-order valence-corrected chi connectivity index (χ4v) is 3.39. The minimum Gasteiger partial charge on any atom is -0.398 e. The molecule has 0 amide bonds. The SMILES string of the molecule is Cc1cc2c(N3CCCC3C(C)C)ccc(N)c2cn1. The molecule has 1 fully saturated rings. The topological polar surface area (TPSA) is 42.1 Å². The molecular weight excluding hydrogens is 246 g/mol. The molecule has 3 heteroatoms. The van der Waals surface area contributed by atoms with Crippen molar-refractivity contribution >= 4 is 22.1 Å². The molecule has 3 nitrogen and oxygen atoms in total. The summed E-state index contributed by atoms with van der Waals surface area (Å²) in [4.78, 5) is 6.95.